The van der Waals surface area contributed by atoms with Gasteiger partial charge in [0.1, 0.15) is 5.69 Å². The first-order chi connectivity index (χ1) is 11.2. The van der Waals surface area contributed by atoms with Crippen LogP contribution in [0, 0.1) is 16.0 Å². The highest BCUT2D eigenvalue weighted by atomic mass is 19.4. The Bertz CT molecular complexity index is 599. The zero-order valence-electron chi connectivity index (χ0n) is 12.9. The lowest BCUT2D eigenvalue weighted by Gasteiger charge is -2.31. The summed E-state index contributed by atoms with van der Waals surface area (Å²) in [6.07, 6.45) is -4.17. The minimum atomic E-state index is -4.16. The van der Waals surface area contributed by atoms with Crippen LogP contribution in [0.15, 0.2) is 24.3 Å². The second kappa shape index (κ2) is 7.61. The Kier molecular flexibility index (Phi) is 5.76. The molecule has 132 valence electrons. The fourth-order valence-corrected chi connectivity index (χ4v) is 2.81. The van der Waals surface area contributed by atoms with Crippen LogP contribution in [0.1, 0.15) is 19.3 Å². The molecule has 1 N–H and O–H groups in total. The fourth-order valence-electron chi connectivity index (χ4n) is 2.81. The maximum absolute atomic E-state index is 12.4. The summed E-state index contributed by atoms with van der Waals surface area (Å²) in [7, 11) is 0. The van der Waals surface area contributed by atoms with Crippen LogP contribution in [-0.2, 0) is 4.79 Å². The lowest BCUT2D eigenvalue weighted by molar-refractivity contribution is -0.383. The van der Waals surface area contributed by atoms with E-state index in [0.29, 0.717) is 25.9 Å². The van der Waals surface area contributed by atoms with E-state index in [2.05, 4.69) is 5.32 Å². The van der Waals surface area contributed by atoms with E-state index in [-0.39, 0.29) is 17.9 Å². The number of nitrogens with one attached hydrogen (secondary N) is 1. The quantitative estimate of drug-likeness (QED) is 0.657. The van der Waals surface area contributed by atoms with Gasteiger partial charge >= 0.3 is 6.18 Å². The number of carbonyl (C=O) groups excluding carboxylic acids is 1. The van der Waals surface area contributed by atoms with Gasteiger partial charge in [-0.1, -0.05) is 12.1 Å². The standard InChI is InChI=1S/C15H18F3N3O3/c16-15(17,18)9-11-5-7-20(8-6-11)10-14(22)19-12-3-1-2-4-13(12)21(23)24/h1-4,11H,5-10H2,(H,19,22). The lowest BCUT2D eigenvalue weighted by Crippen LogP contribution is -2.40. The summed E-state index contributed by atoms with van der Waals surface area (Å²) >= 11 is 0. The molecule has 0 saturated carbocycles. The first-order valence-electron chi connectivity index (χ1n) is 7.57. The van der Waals surface area contributed by atoms with Gasteiger partial charge in [-0.3, -0.25) is 19.8 Å². The lowest BCUT2D eigenvalue weighted by atomic mass is 9.93. The number of likely N-dealkylation sites (tertiary alicyclic amines) is 1. The Balaban J connectivity index is 1.83. The first-order valence-corrected chi connectivity index (χ1v) is 7.57. The van der Waals surface area contributed by atoms with Crippen molar-refractivity contribution >= 4 is 17.3 Å². The number of anilines is 1. The Morgan fingerprint density at radius 3 is 2.50 bits per heavy atom. The maximum Gasteiger partial charge on any atom is 0.389 e. The fraction of sp³-hybridized carbons (Fsp3) is 0.533. The number of para-hydroxylation sites is 2. The third kappa shape index (κ3) is 5.48. The van der Waals surface area contributed by atoms with Gasteiger partial charge in [-0.2, -0.15) is 13.2 Å². The van der Waals surface area contributed by atoms with Gasteiger partial charge < -0.3 is 5.32 Å². The summed E-state index contributed by atoms with van der Waals surface area (Å²) < 4.78 is 37.1. The van der Waals surface area contributed by atoms with Gasteiger partial charge in [-0.05, 0) is 37.9 Å². The van der Waals surface area contributed by atoms with E-state index < -0.39 is 29.3 Å². The zero-order chi connectivity index (χ0) is 17.7. The Morgan fingerprint density at radius 2 is 1.92 bits per heavy atom. The number of benzene rings is 1. The smallest absolute Gasteiger partial charge is 0.319 e. The molecule has 2 rings (SSSR count). The van der Waals surface area contributed by atoms with Gasteiger partial charge in [0.15, 0.2) is 0 Å². The number of nitrogens with zero attached hydrogens (tertiary/aromatic N) is 2. The topological polar surface area (TPSA) is 75.5 Å². The van der Waals surface area contributed by atoms with E-state index in [9.17, 15) is 28.1 Å². The molecule has 1 heterocycles. The molecule has 0 bridgehead atoms. The molecule has 1 aromatic rings. The number of amides is 1. The van der Waals surface area contributed by atoms with Gasteiger partial charge in [-0.25, -0.2) is 0 Å². The van der Waals surface area contributed by atoms with Crippen LogP contribution in [0.25, 0.3) is 0 Å². The van der Waals surface area contributed by atoms with E-state index >= 15 is 0 Å². The van der Waals surface area contributed by atoms with Crippen LogP contribution in [0.4, 0.5) is 24.5 Å². The van der Waals surface area contributed by atoms with Crippen molar-refractivity contribution < 1.29 is 22.9 Å². The van der Waals surface area contributed by atoms with E-state index in [1.165, 1.54) is 18.2 Å². The van der Waals surface area contributed by atoms with Crippen molar-refractivity contribution in [2.24, 2.45) is 5.92 Å². The van der Waals surface area contributed by atoms with Gasteiger partial charge in [0.2, 0.25) is 5.91 Å². The summed E-state index contributed by atoms with van der Waals surface area (Å²) in [5, 5.41) is 13.4. The number of carbonyl (C=O) groups is 1. The second-order valence-corrected chi connectivity index (χ2v) is 5.86. The number of hydrogen-bond acceptors (Lipinski definition) is 4. The number of piperidine rings is 1. The number of rotatable bonds is 5. The molecule has 9 heteroatoms. The van der Waals surface area contributed by atoms with Gasteiger partial charge in [0, 0.05) is 12.5 Å². The van der Waals surface area contributed by atoms with Gasteiger partial charge in [0.25, 0.3) is 5.69 Å². The number of nitro benzene ring substituents is 1. The van der Waals surface area contributed by atoms with E-state index in [1.807, 2.05) is 0 Å². The molecule has 0 aromatic heterocycles. The summed E-state index contributed by atoms with van der Waals surface area (Å²) in [4.78, 5) is 24.1. The predicted octanol–water partition coefficient (Wildman–Crippen LogP) is 3.20. The predicted molar refractivity (Wildman–Crippen MR) is 81.6 cm³/mol. The Labute approximate surface area is 136 Å². The SMILES string of the molecule is O=C(CN1CCC(CC(F)(F)F)CC1)Nc1ccccc1[N+](=O)[O-]. The molecule has 6 nitrogen and oxygen atoms in total. The number of nitro groups is 1. The molecule has 1 aromatic carbocycles. The van der Waals surface area contributed by atoms with E-state index in [0.717, 1.165) is 0 Å². The summed E-state index contributed by atoms with van der Waals surface area (Å²) in [5.74, 6) is -0.821. The normalized spacial score (nSPS) is 16.8. The average Bonchev–Trinajstić information content (AvgIpc) is 2.48. The molecule has 0 spiro atoms. The minimum Gasteiger partial charge on any atom is -0.319 e. The molecule has 0 aliphatic carbocycles. The minimum absolute atomic E-state index is 0.00475. The molecule has 0 unspecified atom stereocenters. The van der Waals surface area contributed by atoms with Crippen LogP contribution in [0.5, 0.6) is 0 Å². The van der Waals surface area contributed by atoms with Gasteiger partial charge in [0.05, 0.1) is 11.5 Å². The van der Waals surface area contributed by atoms with Crippen molar-refractivity contribution in [3.63, 3.8) is 0 Å². The molecule has 24 heavy (non-hydrogen) atoms. The van der Waals surface area contributed by atoms with Crippen LogP contribution < -0.4 is 5.32 Å². The third-order valence-electron chi connectivity index (χ3n) is 3.97. The second-order valence-electron chi connectivity index (χ2n) is 5.86. The van der Waals surface area contributed by atoms with Crippen molar-refractivity contribution in [2.45, 2.75) is 25.4 Å². The van der Waals surface area contributed by atoms with Crippen molar-refractivity contribution in [1.29, 1.82) is 0 Å². The zero-order valence-corrected chi connectivity index (χ0v) is 12.9. The molecular weight excluding hydrogens is 327 g/mol. The van der Waals surface area contributed by atoms with E-state index in [1.54, 1.807) is 11.0 Å². The molecule has 0 radical (unpaired) electrons. The van der Waals surface area contributed by atoms with Crippen molar-refractivity contribution in [1.82, 2.24) is 4.90 Å². The first kappa shape index (κ1) is 18.2. The number of halogens is 3. The summed E-state index contributed by atoms with van der Waals surface area (Å²) in [5.41, 5.74) is -0.0887. The summed E-state index contributed by atoms with van der Waals surface area (Å²) in [6.45, 7) is 0.820. The van der Waals surface area contributed by atoms with Crippen molar-refractivity contribution in [2.75, 3.05) is 25.0 Å². The molecule has 1 amide bonds. The largest absolute Gasteiger partial charge is 0.389 e. The molecule has 0 atom stereocenters. The monoisotopic (exact) mass is 345 g/mol. The molecule has 1 aliphatic heterocycles. The molecular formula is C15H18F3N3O3. The van der Waals surface area contributed by atoms with Crippen molar-refractivity contribution in [3.8, 4) is 0 Å². The highest BCUT2D eigenvalue weighted by molar-refractivity contribution is 5.94. The summed E-state index contributed by atoms with van der Waals surface area (Å²) in [6, 6.07) is 5.80. The number of hydrogen-bond donors (Lipinski definition) is 1. The third-order valence-corrected chi connectivity index (χ3v) is 3.97. The molecule has 1 saturated heterocycles. The highest BCUT2D eigenvalue weighted by Gasteiger charge is 2.33. The van der Waals surface area contributed by atoms with Gasteiger partial charge in [-0.15, -0.1) is 0 Å². The van der Waals surface area contributed by atoms with Crippen molar-refractivity contribution in [3.05, 3.63) is 34.4 Å². The van der Waals surface area contributed by atoms with E-state index in [4.69, 9.17) is 0 Å². The van der Waals surface area contributed by atoms with Crippen LogP contribution in [-0.4, -0.2) is 41.5 Å². The number of alkyl halides is 3. The highest BCUT2D eigenvalue weighted by Crippen LogP contribution is 2.31. The van der Waals surface area contributed by atoms with Crippen LogP contribution in [0.3, 0.4) is 0 Å². The van der Waals surface area contributed by atoms with Crippen LogP contribution in [0.2, 0.25) is 0 Å². The maximum atomic E-state index is 12.4. The van der Waals surface area contributed by atoms with Crippen LogP contribution >= 0.6 is 0 Å². The average molecular weight is 345 g/mol. The molecule has 1 aliphatic rings. The molecule has 1 fully saturated rings. The Morgan fingerprint density at radius 1 is 1.29 bits per heavy atom. The Hall–Kier alpha value is -2.16.